The van der Waals surface area contributed by atoms with Crippen molar-refractivity contribution in [1.82, 2.24) is 9.13 Å². The zero-order valence-corrected chi connectivity index (χ0v) is 13.9. The lowest BCUT2D eigenvalue weighted by molar-refractivity contribution is -0.0852. The quantitative estimate of drug-likeness (QED) is 0.751. The summed E-state index contributed by atoms with van der Waals surface area (Å²) >= 11 is 0. The Morgan fingerprint density at radius 1 is 1.19 bits per heavy atom. The first kappa shape index (κ1) is 18.9. The number of carbonyl (C=O) groups excluding carboxylic acids is 1. The van der Waals surface area contributed by atoms with Gasteiger partial charge in [-0.25, -0.2) is 13.6 Å². The number of nitrogens with zero attached hydrogens (tertiary/aromatic N) is 2. The Balaban J connectivity index is 2.11. The molecule has 9 heteroatoms. The number of aliphatic hydroxyl groups is 2. The fourth-order valence-electron chi connectivity index (χ4n) is 3.16. The third kappa shape index (κ3) is 3.26. The van der Waals surface area contributed by atoms with E-state index >= 15 is 0 Å². The maximum Gasteiger partial charge on any atom is 0.338 e. The highest BCUT2D eigenvalue weighted by Gasteiger charge is 2.50. The summed E-state index contributed by atoms with van der Waals surface area (Å²) < 4.78 is 29.3. The van der Waals surface area contributed by atoms with Crippen LogP contribution in [0.1, 0.15) is 16.4 Å². The van der Waals surface area contributed by atoms with Crippen LogP contribution in [0.15, 0.2) is 64.3 Å². The fourth-order valence-corrected chi connectivity index (χ4v) is 3.16. The van der Waals surface area contributed by atoms with Crippen LogP contribution >= 0.6 is 0 Å². The third-order valence-electron chi connectivity index (χ3n) is 4.48. The Morgan fingerprint density at radius 2 is 1.85 bits per heavy atom. The minimum atomic E-state index is -3.48. The summed E-state index contributed by atoms with van der Waals surface area (Å²) in [4.78, 5) is 37.4. The van der Waals surface area contributed by atoms with Crippen LogP contribution in [0.5, 0.6) is 0 Å². The zero-order valence-electron chi connectivity index (χ0n) is 13.9. The molecule has 0 bridgehead atoms. The highest BCUT2D eigenvalue weighted by atomic mass is 19.3. The van der Waals surface area contributed by atoms with Gasteiger partial charge in [-0.15, -0.1) is 0 Å². The van der Waals surface area contributed by atoms with Gasteiger partial charge in [0.15, 0.2) is 0 Å². The van der Waals surface area contributed by atoms with Gasteiger partial charge in [-0.2, -0.15) is 4.57 Å². The topological polar surface area (TPSA) is 102 Å². The minimum absolute atomic E-state index is 0.0775. The molecule has 0 saturated heterocycles. The molecule has 7 nitrogen and oxygen atoms in total. The lowest BCUT2D eigenvalue weighted by Crippen LogP contribution is -2.47. The van der Waals surface area contributed by atoms with Crippen molar-refractivity contribution in [3.05, 3.63) is 81.1 Å². The lowest BCUT2D eigenvalue weighted by Gasteiger charge is -2.29. The molecule has 27 heavy (non-hydrogen) atoms. The second kappa shape index (κ2) is 7.01. The highest BCUT2D eigenvalue weighted by Crippen LogP contribution is 2.42. The first-order valence-electron chi connectivity index (χ1n) is 8.08. The predicted octanol–water partition coefficient (Wildman–Crippen LogP) is 0.414. The van der Waals surface area contributed by atoms with Crippen molar-refractivity contribution in [2.75, 3.05) is 6.61 Å². The molecule has 0 saturated carbocycles. The summed E-state index contributed by atoms with van der Waals surface area (Å²) in [6.45, 7) is -0.935. The molecule has 0 spiro atoms. The number of aromatic nitrogens is 2. The molecule has 1 aromatic heterocycles. The van der Waals surface area contributed by atoms with Crippen molar-refractivity contribution < 1.29 is 23.8 Å². The molecule has 3 atom stereocenters. The molecule has 0 fully saturated rings. The van der Waals surface area contributed by atoms with Gasteiger partial charge < -0.3 is 10.2 Å². The van der Waals surface area contributed by atoms with Gasteiger partial charge in [-0.3, -0.25) is 14.2 Å². The maximum atomic E-state index is 14.1. The van der Waals surface area contributed by atoms with Crippen molar-refractivity contribution in [2.45, 2.75) is 18.1 Å². The largest absolute Gasteiger partial charge is 0.394 e. The minimum Gasteiger partial charge on any atom is -0.394 e. The number of alkyl halides is 2. The molecular weight excluding hydrogens is 362 g/mol. The van der Waals surface area contributed by atoms with Crippen LogP contribution in [0.25, 0.3) is 0 Å². The second-order valence-electron chi connectivity index (χ2n) is 6.15. The van der Waals surface area contributed by atoms with Gasteiger partial charge in [0.1, 0.15) is 0 Å². The number of allylic oxidation sites excluding steroid dienone is 2. The summed E-state index contributed by atoms with van der Waals surface area (Å²) in [6, 6.07) is 7.14. The molecule has 0 unspecified atom stereocenters. The van der Waals surface area contributed by atoms with E-state index in [1.165, 1.54) is 12.1 Å². The molecule has 0 aliphatic heterocycles. The van der Waals surface area contributed by atoms with Crippen molar-refractivity contribution >= 4 is 5.91 Å². The molecule has 1 aliphatic carbocycles. The van der Waals surface area contributed by atoms with Gasteiger partial charge in [-0.05, 0) is 18.2 Å². The maximum absolute atomic E-state index is 14.1. The Morgan fingerprint density at radius 3 is 2.48 bits per heavy atom. The molecule has 0 amide bonds. The average Bonchev–Trinajstić information content (AvgIpc) is 2.96. The van der Waals surface area contributed by atoms with E-state index < -0.39 is 47.7 Å². The number of benzene rings is 1. The zero-order chi connectivity index (χ0) is 19.8. The Bertz CT molecular complexity index is 997. The Hall–Kier alpha value is -2.91. The van der Waals surface area contributed by atoms with Gasteiger partial charge >= 0.3 is 5.69 Å². The number of aliphatic hydroxyl groups excluding tert-OH is 2. The second-order valence-corrected chi connectivity index (χ2v) is 6.15. The number of halogens is 2. The van der Waals surface area contributed by atoms with Crippen LogP contribution < -0.4 is 11.2 Å². The van der Waals surface area contributed by atoms with Crippen LogP contribution in [0.2, 0.25) is 0 Å². The van der Waals surface area contributed by atoms with Gasteiger partial charge in [0.2, 0.25) is 0 Å². The normalized spacial score (nSPS) is 21.9. The number of carbonyl (C=O) groups is 1. The van der Waals surface area contributed by atoms with E-state index in [1.54, 1.807) is 18.2 Å². The van der Waals surface area contributed by atoms with Crippen LogP contribution in [-0.4, -0.2) is 43.9 Å². The molecular formula is C18H16F2N2O5. The Labute approximate surface area is 151 Å². The predicted molar refractivity (Wildman–Crippen MR) is 90.8 cm³/mol. The van der Waals surface area contributed by atoms with E-state index in [2.05, 4.69) is 0 Å². The van der Waals surface area contributed by atoms with Crippen LogP contribution in [0, 0.1) is 5.92 Å². The smallest absolute Gasteiger partial charge is 0.338 e. The van der Waals surface area contributed by atoms with E-state index in [9.17, 15) is 28.3 Å². The molecule has 1 aromatic carbocycles. The Kier molecular flexibility index (Phi) is 4.90. The van der Waals surface area contributed by atoms with Gasteiger partial charge in [0, 0.05) is 17.8 Å². The standard InChI is InChI=1S/C18H16F2N2O5/c19-18(20)8-6-12(15(18)13(24)10-23)21-9-7-14(25)22(17(21)27)16(26)11-4-2-1-3-5-11/h1-9,12-13,15,23-24H,10H2/t12-,13-,15+/m1/s1. The molecule has 0 radical (unpaired) electrons. The van der Waals surface area contributed by atoms with Crippen molar-refractivity contribution in [1.29, 1.82) is 0 Å². The molecule has 3 rings (SSSR count). The van der Waals surface area contributed by atoms with E-state index in [0.29, 0.717) is 10.6 Å². The molecule has 1 aliphatic rings. The monoisotopic (exact) mass is 378 g/mol. The van der Waals surface area contributed by atoms with Gasteiger partial charge in [0.25, 0.3) is 17.4 Å². The van der Waals surface area contributed by atoms with E-state index in [4.69, 9.17) is 5.11 Å². The van der Waals surface area contributed by atoms with Crippen LogP contribution in [0.4, 0.5) is 8.78 Å². The van der Waals surface area contributed by atoms with Crippen molar-refractivity contribution in [3.63, 3.8) is 0 Å². The fraction of sp³-hybridized carbons (Fsp3) is 0.278. The van der Waals surface area contributed by atoms with E-state index in [-0.39, 0.29) is 5.56 Å². The van der Waals surface area contributed by atoms with Crippen LogP contribution in [-0.2, 0) is 0 Å². The molecule has 2 aromatic rings. The summed E-state index contributed by atoms with van der Waals surface area (Å²) in [5, 5.41) is 18.9. The number of hydrogen-bond donors (Lipinski definition) is 2. The highest BCUT2D eigenvalue weighted by molar-refractivity contribution is 5.95. The summed E-state index contributed by atoms with van der Waals surface area (Å²) in [6.07, 6.45) is 0.721. The summed E-state index contributed by atoms with van der Waals surface area (Å²) in [7, 11) is 0. The van der Waals surface area contributed by atoms with E-state index in [1.807, 2.05) is 0 Å². The summed E-state index contributed by atoms with van der Waals surface area (Å²) in [5.41, 5.74) is -1.94. The lowest BCUT2D eigenvalue weighted by atomic mass is 9.93. The van der Waals surface area contributed by atoms with Crippen LogP contribution in [0.3, 0.4) is 0 Å². The SMILES string of the molecule is O=C(c1ccccc1)n1c(=O)ccn([C@@H]2C=CC(F)(F)[C@@H]2[C@H](O)CO)c1=O. The third-order valence-corrected chi connectivity index (χ3v) is 4.48. The average molecular weight is 378 g/mol. The van der Waals surface area contributed by atoms with E-state index in [0.717, 1.165) is 22.9 Å². The van der Waals surface area contributed by atoms with Gasteiger partial charge in [0.05, 0.1) is 24.7 Å². The molecule has 142 valence electrons. The molecule has 1 heterocycles. The number of rotatable bonds is 4. The first-order valence-corrected chi connectivity index (χ1v) is 8.08. The summed E-state index contributed by atoms with van der Waals surface area (Å²) in [5.74, 6) is -6.19. The molecule has 2 N–H and O–H groups in total. The van der Waals surface area contributed by atoms with Gasteiger partial charge in [-0.1, -0.05) is 24.3 Å². The van der Waals surface area contributed by atoms with Crippen molar-refractivity contribution in [2.24, 2.45) is 5.92 Å². The first-order chi connectivity index (χ1) is 12.8. The number of hydrogen-bond acceptors (Lipinski definition) is 5. The van der Waals surface area contributed by atoms with Crippen molar-refractivity contribution in [3.8, 4) is 0 Å².